The minimum absolute atomic E-state index is 0.0738. The molecule has 22 heavy (non-hydrogen) atoms. The van der Waals surface area contributed by atoms with Gasteiger partial charge in [-0.15, -0.1) is 0 Å². The average molecular weight is 344 g/mol. The summed E-state index contributed by atoms with van der Waals surface area (Å²) >= 11 is 11.9. The first kappa shape index (κ1) is 17.1. The molecule has 1 fully saturated rings. The molecule has 5 nitrogen and oxygen atoms in total. The van der Waals surface area contributed by atoms with E-state index in [1.165, 1.54) is 0 Å². The normalized spacial score (nSPS) is 17.2. The molecule has 1 aromatic rings. The summed E-state index contributed by atoms with van der Waals surface area (Å²) in [7, 11) is 0. The summed E-state index contributed by atoms with van der Waals surface area (Å²) in [5, 5.41) is 3.75. The van der Waals surface area contributed by atoms with Crippen LogP contribution in [0.25, 0.3) is 0 Å². The number of hydrogen-bond donors (Lipinski definition) is 1. The van der Waals surface area contributed by atoms with Gasteiger partial charge in [-0.1, -0.05) is 23.2 Å². The van der Waals surface area contributed by atoms with Gasteiger partial charge in [0.1, 0.15) is 0 Å². The smallest absolute Gasteiger partial charge is 0.241 e. The minimum atomic E-state index is -0.291. The van der Waals surface area contributed by atoms with Crippen LogP contribution in [-0.4, -0.2) is 53.8 Å². The Bertz CT molecular complexity index is 572. The van der Waals surface area contributed by atoms with Gasteiger partial charge < -0.3 is 10.2 Å². The molecule has 120 valence electrons. The summed E-state index contributed by atoms with van der Waals surface area (Å²) in [6.45, 7) is 6.07. The fourth-order valence-corrected chi connectivity index (χ4v) is 2.87. The summed E-state index contributed by atoms with van der Waals surface area (Å²) in [6.07, 6.45) is 0. The lowest BCUT2D eigenvalue weighted by Gasteiger charge is -2.37. The molecule has 0 aromatic heterocycles. The number of hydrogen-bond acceptors (Lipinski definition) is 3. The Hall–Kier alpha value is -1.30. The zero-order chi connectivity index (χ0) is 16.3. The summed E-state index contributed by atoms with van der Waals surface area (Å²) in [5.74, 6) is -0.0507. The van der Waals surface area contributed by atoms with Crippen LogP contribution in [0.3, 0.4) is 0 Å². The highest BCUT2D eigenvalue weighted by atomic mass is 35.5. The maximum absolute atomic E-state index is 12.3. The minimum Gasteiger partial charge on any atom is -0.340 e. The Labute approximate surface area is 140 Å². The monoisotopic (exact) mass is 343 g/mol. The zero-order valence-electron chi connectivity index (χ0n) is 12.6. The molecule has 7 heteroatoms. The van der Waals surface area contributed by atoms with Crippen LogP contribution >= 0.6 is 23.2 Å². The fourth-order valence-electron chi connectivity index (χ4n) is 2.42. The number of nitrogens with one attached hydrogen (secondary N) is 1. The maximum atomic E-state index is 12.3. The van der Waals surface area contributed by atoms with Gasteiger partial charge in [0.15, 0.2) is 0 Å². The van der Waals surface area contributed by atoms with Crippen LogP contribution < -0.4 is 5.32 Å². The first-order valence-corrected chi connectivity index (χ1v) is 7.89. The number of rotatable bonds is 3. The highest BCUT2D eigenvalue weighted by Crippen LogP contribution is 2.25. The molecule has 0 radical (unpaired) electrons. The van der Waals surface area contributed by atoms with Gasteiger partial charge in [-0.2, -0.15) is 0 Å². The average Bonchev–Trinajstić information content (AvgIpc) is 2.49. The molecule has 1 atom stereocenters. The van der Waals surface area contributed by atoms with Crippen molar-refractivity contribution in [3.8, 4) is 0 Å². The molecular formula is C15H19Cl2N3O2. The van der Waals surface area contributed by atoms with Crippen LogP contribution in [0.5, 0.6) is 0 Å². The van der Waals surface area contributed by atoms with Gasteiger partial charge in [-0.3, -0.25) is 14.5 Å². The molecule has 1 aliphatic heterocycles. The van der Waals surface area contributed by atoms with E-state index in [1.54, 1.807) is 30.0 Å². The van der Waals surface area contributed by atoms with Crippen LogP contribution in [0.1, 0.15) is 13.8 Å². The van der Waals surface area contributed by atoms with Gasteiger partial charge in [0.2, 0.25) is 11.8 Å². The van der Waals surface area contributed by atoms with E-state index in [0.717, 1.165) is 0 Å². The lowest BCUT2D eigenvalue weighted by molar-refractivity contribution is -0.131. The highest BCUT2D eigenvalue weighted by Gasteiger charge is 2.26. The summed E-state index contributed by atoms with van der Waals surface area (Å²) in [6, 6.07) is 4.66. The van der Waals surface area contributed by atoms with Crippen molar-refractivity contribution >= 4 is 40.7 Å². The topological polar surface area (TPSA) is 52.7 Å². The van der Waals surface area contributed by atoms with E-state index in [-0.39, 0.29) is 17.9 Å². The Kier molecular flexibility index (Phi) is 5.67. The predicted octanol–water partition coefficient (Wildman–Crippen LogP) is 2.48. The number of carbonyl (C=O) groups excluding carboxylic acids is 2. The van der Waals surface area contributed by atoms with Gasteiger partial charge in [0.05, 0.1) is 16.8 Å². The van der Waals surface area contributed by atoms with Crippen LogP contribution in [0, 0.1) is 0 Å². The van der Waals surface area contributed by atoms with Crippen molar-refractivity contribution in [3.05, 3.63) is 28.2 Å². The SMILES string of the molecule is CC(=O)N1CCN([C@H](C)C(=O)Nc2ccc(Cl)cc2Cl)CC1. The van der Waals surface area contributed by atoms with Gasteiger partial charge in [-0.05, 0) is 25.1 Å². The van der Waals surface area contributed by atoms with E-state index in [9.17, 15) is 9.59 Å². The van der Waals surface area contributed by atoms with E-state index < -0.39 is 0 Å². The van der Waals surface area contributed by atoms with E-state index >= 15 is 0 Å². The molecule has 0 aliphatic carbocycles. The van der Waals surface area contributed by atoms with Gasteiger partial charge in [0.25, 0.3) is 0 Å². The molecule has 1 N–H and O–H groups in total. The molecule has 2 amide bonds. The van der Waals surface area contributed by atoms with Crippen molar-refractivity contribution in [1.29, 1.82) is 0 Å². The molecule has 1 aromatic carbocycles. The maximum Gasteiger partial charge on any atom is 0.241 e. The van der Waals surface area contributed by atoms with Crippen molar-refractivity contribution < 1.29 is 9.59 Å². The predicted molar refractivity (Wildman–Crippen MR) is 88.4 cm³/mol. The van der Waals surface area contributed by atoms with Crippen molar-refractivity contribution in [2.24, 2.45) is 0 Å². The molecule has 2 rings (SSSR count). The third kappa shape index (κ3) is 4.12. The van der Waals surface area contributed by atoms with Crippen LogP contribution in [0.2, 0.25) is 10.0 Å². The molecule has 0 spiro atoms. The molecule has 0 bridgehead atoms. The first-order valence-electron chi connectivity index (χ1n) is 7.14. The number of piperazine rings is 1. The zero-order valence-corrected chi connectivity index (χ0v) is 14.1. The standard InChI is InChI=1S/C15H19Cl2N3O2/c1-10(19-5-7-20(8-6-19)11(2)21)15(22)18-14-4-3-12(16)9-13(14)17/h3-4,9-10H,5-8H2,1-2H3,(H,18,22)/t10-/m1/s1. The summed E-state index contributed by atoms with van der Waals surface area (Å²) in [5.41, 5.74) is 0.547. The second-order valence-electron chi connectivity index (χ2n) is 5.33. The van der Waals surface area contributed by atoms with Crippen molar-refractivity contribution in [3.63, 3.8) is 0 Å². The second kappa shape index (κ2) is 7.31. The van der Waals surface area contributed by atoms with E-state index in [0.29, 0.717) is 41.9 Å². The molecule has 1 heterocycles. The van der Waals surface area contributed by atoms with Gasteiger partial charge in [0, 0.05) is 38.1 Å². The summed E-state index contributed by atoms with van der Waals surface area (Å²) in [4.78, 5) is 27.5. The third-order valence-corrected chi connectivity index (χ3v) is 4.42. The van der Waals surface area contributed by atoms with E-state index in [2.05, 4.69) is 10.2 Å². The molecular weight excluding hydrogens is 325 g/mol. The molecule has 1 saturated heterocycles. The van der Waals surface area contributed by atoms with Crippen LogP contribution in [0.15, 0.2) is 18.2 Å². The molecule has 1 aliphatic rings. The number of halogens is 2. The Balaban J connectivity index is 1.94. The van der Waals surface area contributed by atoms with Crippen molar-refractivity contribution in [1.82, 2.24) is 9.80 Å². The van der Waals surface area contributed by atoms with Crippen LogP contribution in [0.4, 0.5) is 5.69 Å². The number of anilines is 1. The highest BCUT2D eigenvalue weighted by molar-refractivity contribution is 6.36. The second-order valence-corrected chi connectivity index (χ2v) is 6.18. The number of benzene rings is 1. The first-order chi connectivity index (χ1) is 10.4. The Morgan fingerprint density at radius 2 is 1.82 bits per heavy atom. The quantitative estimate of drug-likeness (QED) is 0.917. The van der Waals surface area contributed by atoms with Gasteiger partial charge in [-0.25, -0.2) is 0 Å². The number of nitrogens with zero attached hydrogens (tertiary/aromatic N) is 2. The van der Waals surface area contributed by atoms with Crippen molar-refractivity contribution in [2.75, 3.05) is 31.5 Å². The lowest BCUT2D eigenvalue weighted by atomic mass is 10.2. The third-order valence-electron chi connectivity index (χ3n) is 3.88. The van der Waals surface area contributed by atoms with Crippen molar-refractivity contribution in [2.45, 2.75) is 19.9 Å². The van der Waals surface area contributed by atoms with Crippen LogP contribution in [-0.2, 0) is 9.59 Å². The largest absolute Gasteiger partial charge is 0.340 e. The molecule has 0 saturated carbocycles. The van der Waals surface area contributed by atoms with E-state index in [4.69, 9.17) is 23.2 Å². The number of amides is 2. The fraction of sp³-hybridized carbons (Fsp3) is 0.467. The Morgan fingerprint density at radius 3 is 2.36 bits per heavy atom. The molecule has 0 unspecified atom stereocenters. The van der Waals surface area contributed by atoms with E-state index in [1.807, 2.05) is 6.92 Å². The Morgan fingerprint density at radius 1 is 1.18 bits per heavy atom. The number of carbonyl (C=O) groups is 2. The summed E-state index contributed by atoms with van der Waals surface area (Å²) < 4.78 is 0. The van der Waals surface area contributed by atoms with Gasteiger partial charge >= 0.3 is 0 Å². The lowest BCUT2D eigenvalue weighted by Crippen LogP contribution is -2.53.